The number of halogens is 1. The normalized spacial score (nSPS) is 10.7. The first-order valence-electron chi connectivity index (χ1n) is 7.55. The zero-order chi connectivity index (χ0) is 18.1. The van der Waals surface area contributed by atoms with E-state index in [0.29, 0.717) is 16.3 Å². The van der Waals surface area contributed by atoms with Gasteiger partial charge in [0.25, 0.3) is 0 Å². The van der Waals surface area contributed by atoms with Gasteiger partial charge in [-0.25, -0.2) is 4.79 Å². The van der Waals surface area contributed by atoms with Gasteiger partial charge in [-0.15, -0.1) is 0 Å². The number of hydrogen-bond donors (Lipinski definition) is 0. The highest BCUT2D eigenvalue weighted by atomic mass is 35.5. The maximum absolute atomic E-state index is 11.9. The van der Waals surface area contributed by atoms with Crippen LogP contribution in [0.1, 0.15) is 18.1 Å². The lowest BCUT2D eigenvalue weighted by Crippen LogP contribution is -2.05. The van der Waals surface area contributed by atoms with Gasteiger partial charge >= 0.3 is 5.97 Å². The van der Waals surface area contributed by atoms with Crippen molar-refractivity contribution in [1.29, 1.82) is 0 Å². The molecule has 0 radical (unpaired) electrons. The van der Waals surface area contributed by atoms with Crippen LogP contribution in [0.15, 0.2) is 59.3 Å². The van der Waals surface area contributed by atoms with Crippen molar-refractivity contribution < 1.29 is 14.3 Å². The molecule has 0 fully saturated rings. The second kappa shape index (κ2) is 9.37. The van der Waals surface area contributed by atoms with E-state index in [1.807, 2.05) is 18.2 Å². The van der Waals surface area contributed by atoms with Crippen LogP contribution in [0.3, 0.4) is 0 Å². The Bertz CT molecular complexity index is 830. The Morgan fingerprint density at radius 3 is 2.68 bits per heavy atom. The van der Waals surface area contributed by atoms with Gasteiger partial charge in [-0.3, -0.25) is 0 Å². The number of rotatable bonds is 7. The Hall–Kier alpha value is -2.95. The number of esters is 1. The van der Waals surface area contributed by atoms with Crippen molar-refractivity contribution in [3.63, 3.8) is 0 Å². The fourth-order valence-electron chi connectivity index (χ4n) is 2.03. The molecular weight excluding hydrogens is 342 g/mol. The molecule has 2 rings (SSSR count). The van der Waals surface area contributed by atoms with Crippen LogP contribution in [0.2, 0.25) is 5.02 Å². The van der Waals surface area contributed by atoms with Crippen molar-refractivity contribution in [3.05, 3.63) is 80.8 Å². The molecule has 0 amide bonds. The van der Waals surface area contributed by atoms with E-state index in [2.05, 4.69) is 10.0 Å². The van der Waals surface area contributed by atoms with Crippen LogP contribution in [-0.2, 0) is 16.1 Å². The zero-order valence-corrected chi connectivity index (χ0v) is 14.3. The Kier molecular flexibility index (Phi) is 6.89. The molecule has 0 N–H and O–H groups in total. The van der Waals surface area contributed by atoms with E-state index in [4.69, 9.17) is 26.6 Å². The van der Waals surface area contributed by atoms with E-state index in [1.165, 1.54) is 6.08 Å². The topological polar surface area (TPSA) is 84.3 Å². The lowest BCUT2D eigenvalue weighted by Gasteiger charge is -2.11. The molecule has 0 saturated heterocycles. The highest BCUT2D eigenvalue weighted by molar-refractivity contribution is 6.31. The van der Waals surface area contributed by atoms with Gasteiger partial charge in [-0.05, 0) is 30.7 Å². The minimum atomic E-state index is -0.693. The summed E-state index contributed by atoms with van der Waals surface area (Å²) in [6, 6.07) is 14.4. The van der Waals surface area contributed by atoms with Gasteiger partial charge in [0.2, 0.25) is 0 Å². The Morgan fingerprint density at radius 2 is 1.96 bits per heavy atom. The van der Waals surface area contributed by atoms with E-state index in [9.17, 15) is 4.79 Å². The highest BCUT2D eigenvalue weighted by Crippen LogP contribution is 2.24. The Labute approximate surface area is 150 Å². The van der Waals surface area contributed by atoms with Gasteiger partial charge in [0.05, 0.1) is 6.61 Å². The molecule has 0 unspecified atom stereocenters. The number of azide groups is 1. The van der Waals surface area contributed by atoms with Crippen molar-refractivity contribution in [3.8, 4) is 5.75 Å². The predicted octanol–water partition coefficient (Wildman–Crippen LogP) is 5.13. The van der Waals surface area contributed by atoms with Gasteiger partial charge in [-0.1, -0.05) is 53.1 Å². The second-order valence-electron chi connectivity index (χ2n) is 4.86. The van der Waals surface area contributed by atoms with Crippen molar-refractivity contribution in [2.45, 2.75) is 13.5 Å². The minimum absolute atomic E-state index is 0.141. The third-order valence-electron chi connectivity index (χ3n) is 3.19. The van der Waals surface area contributed by atoms with Gasteiger partial charge < -0.3 is 9.47 Å². The largest absolute Gasteiger partial charge is 0.488 e. The molecule has 7 heteroatoms. The maximum Gasteiger partial charge on any atom is 0.340 e. The molecular formula is C18H16ClN3O3. The average Bonchev–Trinajstić information content (AvgIpc) is 2.62. The molecule has 0 aliphatic rings. The number of para-hydroxylation sites is 1. The molecule has 0 aliphatic carbocycles. The standard InChI is InChI=1S/C18H16ClN3O3/c1-2-24-18(23)16(21-22-20)11-13-7-4-6-10-17(13)25-12-14-8-3-5-9-15(14)19/h3-11H,2,12H2,1H3/b16-11-. The van der Waals surface area contributed by atoms with Crippen molar-refractivity contribution in [1.82, 2.24) is 0 Å². The van der Waals surface area contributed by atoms with Crippen LogP contribution >= 0.6 is 11.6 Å². The summed E-state index contributed by atoms with van der Waals surface area (Å²) in [4.78, 5) is 14.5. The number of carbonyl (C=O) groups excluding carboxylic acids is 1. The van der Waals surface area contributed by atoms with E-state index >= 15 is 0 Å². The molecule has 2 aromatic carbocycles. The number of hydrogen-bond acceptors (Lipinski definition) is 4. The van der Waals surface area contributed by atoms with E-state index < -0.39 is 5.97 Å². The van der Waals surface area contributed by atoms with Gasteiger partial charge in [0, 0.05) is 21.1 Å². The van der Waals surface area contributed by atoms with E-state index in [-0.39, 0.29) is 18.9 Å². The molecule has 0 saturated carbocycles. The van der Waals surface area contributed by atoms with Crippen LogP contribution in [0.25, 0.3) is 16.5 Å². The molecule has 0 spiro atoms. The molecule has 25 heavy (non-hydrogen) atoms. The first kappa shape index (κ1) is 18.4. The number of ether oxygens (including phenoxy) is 2. The van der Waals surface area contributed by atoms with Crippen LogP contribution in [-0.4, -0.2) is 12.6 Å². The third-order valence-corrected chi connectivity index (χ3v) is 3.56. The van der Waals surface area contributed by atoms with Crippen LogP contribution in [0, 0.1) is 0 Å². The molecule has 6 nitrogen and oxygen atoms in total. The lowest BCUT2D eigenvalue weighted by atomic mass is 10.1. The van der Waals surface area contributed by atoms with E-state index in [0.717, 1.165) is 5.56 Å². The summed E-state index contributed by atoms with van der Waals surface area (Å²) < 4.78 is 10.7. The van der Waals surface area contributed by atoms with Gasteiger partial charge in [-0.2, -0.15) is 0 Å². The zero-order valence-electron chi connectivity index (χ0n) is 13.6. The monoisotopic (exact) mass is 357 g/mol. The first-order valence-corrected chi connectivity index (χ1v) is 7.92. The van der Waals surface area contributed by atoms with Crippen LogP contribution < -0.4 is 4.74 Å². The van der Waals surface area contributed by atoms with E-state index in [1.54, 1.807) is 37.3 Å². The molecule has 128 valence electrons. The number of benzene rings is 2. The van der Waals surface area contributed by atoms with Gasteiger partial charge in [0.1, 0.15) is 18.1 Å². The molecule has 0 aromatic heterocycles. The molecule has 0 bridgehead atoms. The fraction of sp³-hybridized carbons (Fsp3) is 0.167. The molecule has 0 atom stereocenters. The average molecular weight is 358 g/mol. The van der Waals surface area contributed by atoms with Crippen molar-refractivity contribution in [2.24, 2.45) is 5.11 Å². The van der Waals surface area contributed by atoms with Crippen molar-refractivity contribution in [2.75, 3.05) is 6.61 Å². The number of nitrogens with zero attached hydrogens (tertiary/aromatic N) is 3. The minimum Gasteiger partial charge on any atom is -0.488 e. The molecule has 0 heterocycles. The molecule has 0 aliphatic heterocycles. The summed E-state index contributed by atoms with van der Waals surface area (Å²) in [5, 5.41) is 4.01. The van der Waals surface area contributed by atoms with Gasteiger partial charge in [0.15, 0.2) is 0 Å². The predicted molar refractivity (Wildman–Crippen MR) is 96.0 cm³/mol. The smallest absolute Gasteiger partial charge is 0.340 e. The summed E-state index contributed by atoms with van der Waals surface area (Å²) in [6.45, 7) is 2.12. The third kappa shape index (κ3) is 5.28. The summed E-state index contributed by atoms with van der Waals surface area (Å²) in [5.74, 6) is -0.168. The van der Waals surface area contributed by atoms with Crippen LogP contribution in [0.5, 0.6) is 5.75 Å². The summed E-state index contributed by atoms with van der Waals surface area (Å²) >= 11 is 6.12. The lowest BCUT2D eigenvalue weighted by molar-refractivity contribution is -0.138. The second-order valence-corrected chi connectivity index (χ2v) is 5.26. The van der Waals surface area contributed by atoms with Crippen molar-refractivity contribution >= 4 is 23.6 Å². The Balaban J connectivity index is 2.27. The molecule has 2 aromatic rings. The quantitative estimate of drug-likeness (QED) is 0.226. The number of carbonyl (C=O) groups is 1. The summed E-state index contributed by atoms with van der Waals surface area (Å²) in [5.41, 5.74) is 9.93. The SMILES string of the molecule is CCOC(=O)/C(=C/c1ccccc1OCc1ccccc1Cl)N=[N+]=[N-]. The maximum atomic E-state index is 11.9. The summed E-state index contributed by atoms with van der Waals surface area (Å²) in [7, 11) is 0. The van der Waals surface area contributed by atoms with Crippen LogP contribution in [0.4, 0.5) is 0 Å². The Morgan fingerprint density at radius 1 is 1.24 bits per heavy atom. The fourth-order valence-corrected chi connectivity index (χ4v) is 2.22. The summed E-state index contributed by atoms with van der Waals surface area (Å²) in [6.07, 6.45) is 1.43. The first-order chi connectivity index (χ1) is 12.2. The highest BCUT2D eigenvalue weighted by Gasteiger charge is 2.11.